The molecule has 1 aromatic heterocycles. The number of hydrogen-bond donors (Lipinski definition) is 5. The Morgan fingerprint density at radius 3 is 2.50 bits per heavy atom. The molecule has 0 radical (unpaired) electrons. The Bertz CT molecular complexity index is 648. The van der Waals surface area contributed by atoms with Crippen molar-refractivity contribution in [1.29, 1.82) is 0 Å². The molecule has 0 bridgehead atoms. The molecule has 2 heterocycles. The number of hydrogen-bond acceptors (Lipinski definition) is 5. The number of carbonyl (C=O) groups excluding carboxylic acids is 1. The van der Waals surface area contributed by atoms with Crippen LogP contribution in [0.25, 0.3) is 0 Å². The van der Waals surface area contributed by atoms with Crippen LogP contribution in [0.1, 0.15) is 32.7 Å². The van der Waals surface area contributed by atoms with Crippen molar-refractivity contribution >= 4 is 11.9 Å². The molecular formula is C15H23N5O4. The third kappa shape index (κ3) is 3.92. The number of nitrogens with one attached hydrogen (secondary N) is 1. The Morgan fingerprint density at radius 2 is 1.96 bits per heavy atom. The van der Waals surface area contributed by atoms with Crippen LogP contribution in [-0.4, -0.2) is 33.2 Å². The number of fused-ring (bicyclic) bond motifs is 1. The van der Waals surface area contributed by atoms with Crippen molar-refractivity contribution in [2.24, 2.45) is 22.4 Å². The third-order valence-electron chi connectivity index (χ3n) is 3.47. The number of ether oxygens (including phenoxy) is 1. The quantitative estimate of drug-likeness (QED) is 0.209. The first-order chi connectivity index (χ1) is 11.3. The molecule has 0 aliphatic carbocycles. The summed E-state index contributed by atoms with van der Waals surface area (Å²) in [5.41, 5.74) is 10.4. The smallest absolute Gasteiger partial charge is 0.247 e. The number of amides is 1. The van der Waals surface area contributed by atoms with Crippen molar-refractivity contribution in [3.63, 3.8) is 0 Å². The van der Waals surface area contributed by atoms with Crippen molar-refractivity contribution in [2.45, 2.75) is 32.7 Å². The average Bonchev–Trinajstić information content (AvgIpc) is 3.24. The number of aromatic nitrogens is 1. The van der Waals surface area contributed by atoms with E-state index in [0.29, 0.717) is 19.4 Å². The van der Waals surface area contributed by atoms with E-state index in [2.05, 4.69) is 10.3 Å². The van der Waals surface area contributed by atoms with Gasteiger partial charge in [0.1, 0.15) is 6.04 Å². The highest BCUT2D eigenvalue weighted by molar-refractivity contribution is 5.83. The summed E-state index contributed by atoms with van der Waals surface area (Å²) in [6, 6.07) is -0.747. The Balaban J connectivity index is 2.02. The monoisotopic (exact) mass is 337 g/mol. The van der Waals surface area contributed by atoms with Crippen LogP contribution in [0, 0.1) is 5.92 Å². The molecule has 2 rings (SSSR count). The topological polar surface area (TPSA) is 151 Å². The molecule has 1 atom stereocenters. The van der Waals surface area contributed by atoms with Gasteiger partial charge in [-0.1, -0.05) is 19.9 Å². The summed E-state index contributed by atoms with van der Waals surface area (Å²) in [5.74, 6) is -0.169. The van der Waals surface area contributed by atoms with Gasteiger partial charge in [-0.3, -0.25) is 14.4 Å². The van der Waals surface area contributed by atoms with Gasteiger partial charge in [0, 0.05) is 6.54 Å². The third-order valence-corrected chi connectivity index (χ3v) is 3.47. The predicted molar refractivity (Wildman–Crippen MR) is 88.9 cm³/mol. The second-order valence-corrected chi connectivity index (χ2v) is 5.93. The Hall–Kier alpha value is -2.84. The fourth-order valence-corrected chi connectivity index (χ4v) is 2.35. The maximum Gasteiger partial charge on any atom is 0.247 e. The lowest BCUT2D eigenvalue weighted by molar-refractivity contribution is -0.124. The van der Waals surface area contributed by atoms with Crippen LogP contribution >= 0.6 is 0 Å². The number of guanidine groups is 1. The summed E-state index contributed by atoms with van der Waals surface area (Å²) < 4.78 is 6.12. The van der Waals surface area contributed by atoms with Gasteiger partial charge in [0.05, 0.1) is 0 Å². The van der Waals surface area contributed by atoms with Gasteiger partial charge in [-0.15, -0.1) is 0 Å². The van der Waals surface area contributed by atoms with Crippen LogP contribution in [0.5, 0.6) is 23.3 Å². The van der Waals surface area contributed by atoms with Gasteiger partial charge in [-0.05, 0) is 25.0 Å². The standard InChI is InChI=1S/C15H23N5O4/c1-8(2)7-9(20-13(22)10-11(24-10)14(20)23)12(21)18-5-3-4-6-19-15(16)17/h3,5,8-9,22-23H,4,6-7H2,1-2H3,(H,18,21)(H4,16,17,19)/t9-/m0/s1. The molecule has 0 spiro atoms. The van der Waals surface area contributed by atoms with Gasteiger partial charge in [0.2, 0.25) is 29.2 Å². The van der Waals surface area contributed by atoms with Crippen LogP contribution in [0.2, 0.25) is 0 Å². The van der Waals surface area contributed by atoms with Gasteiger partial charge in [-0.25, -0.2) is 0 Å². The maximum absolute atomic E-state index is 12.4. The first kappa shape index (κ1) is 17.5. The summed E-state index contributed by atoms with van der Waals surface area (Å²) >= 11 is 0. The molecule has 1 aliphatic rings. The highest BCUT2D eigenvalue weighted by Gasteiger charge is 2.41. The first-order valence-electron chi connectivity index (χ1n) is 7.67. The van der Waals surface area contributed by atoms with Gasteiger partial charge in [0.15, 0.2) is 5.96 Å². The van der Waals surface area contributed by atoms with E-state index in [0.717, 1.165) is 0 Å². The van der Waals surface area contributed by atoms with E-state index in [4.69, 9.17) is 16.2 Å². The number of rotatable bonds is 8. The van der Waals surface area contributed by atoms with E-state index < -0.39 is 6.04 Å². The molecule has 9 nitrogen and oxygen atoms in total. The Kier molecular flexibility index (Phi) is 5.22. The summed E-state index contributed by atoms with van der Waals surface area (Å²) in [4.78, 5) is 16.3. The highest BCUT2D eigenvalue weighted by Crippen LogP contribution is 2.61. The van der Waals surface area contributed by atoms with Crippen molar-refractivity contribution in [3.8, 4) is 23.3 Å². The first-order valence-corrected chi connectivity index (χ1v) is 7.67. The molecule has 24 heavy (non-hydrogen) atoms. The zero-order chi connectivity index (χ0) is 17.9. The van der Waals surface area contributed by atoms with Crippen LogP contribution in [0.15, 0.2) is 17.3 Å². The fourth-order valence-electron chi connectivity index (χ4n) is 2.35. The van der Waals surface area contributed by atoms with Gasteiger partial charge in [0.25, 0.3) is 0 Å². The molecule has 0 unspecified atom stereocenters. The van der Waals surface area contributed by atoms with Gasteiger partial charge < -0.3 is 31.7 Å². The molecule has 1 aliphatic heterocycles. The SMILES string of the molecule is CC(C)C[C@@H](C(=O)NC=CCCN=C(N)N)n1c(O)c2c(c1O)O2. The second kappa shape index (κ2) is 7.16. The summed E-state index contributed by atoms with van der Waals surface area (Å²) in [5, 5.41) is 22.7. The minimum atomic E-state index is -0.747. The fraction of sp³-hybridized carbons (Fsp3) is 0.467. The van der Waals surface area contributed by atoms with E-state index >= 15 is 0 Å². The summed E-state index contributed by atoms with van der Waals surface area (Å²) in [6.45, 7) is 4.33. The molecule has 0 fully saturated rings. The molecule has 0 saturated heterocycles. The van der Waals surface area contributed by atoms with Gasteiger partial charge in [-0.2, -0.15) is 0 Å². The molecular weight excluding hydrogens is 314 g/mol. The molecule has 132 valence electrons. The van der Waals surface area contributed by atoms with Crippen LogP contribution < -0.4 is 21.5 Å². The van der Waals surface area contributed by atoms with Crippen LogP contribution in [0.3, 0.4) is 0 Å². The number of aromatic hydroxyl groups is 2. The Labute approximate surface area is 139 Å². The number of nitrogens with two attached hydrogens (primary N) is 2. The van der Waals surface area contributed by atoms with E-state index in [1.54, 1.807) is 6.08 Å². The maximum atomic E-state index is 12.4. The number of carbonyl (C=O) groups is 1. The molecule has 1 amide bonds. The minimum absolute atomic E-state index is 0.0197. The second-order valence-electron chi connectivity index (χ2n) is 5.93. The lowest BCUT2D eigenvalue weighted by atomic mass is 10.0. The highest BCUT2D eigenvalue weighted by atomic mass is 16.6. The van der Waals surface area contributed by atoms with E-state index in [-0.39, 0.29) is 41.0 Å². The van der Waals surface area contributed by atoms with Crippen molar-refractivity contribution in [1.82, 2.24) is 9.88 Å². The summed E-state index contributed by atoms with van der Waals surface area (Å²) in [7, 11) is 0. The average molecular weight is 337 g/mol. The largest absolute Gasteiger partial charge is 0.492 e. The molecule has 9 heteroatoms. The predicted octanol–water partition coefficient (Wildman–Crippen LogP) is 0.886. The summed E-state index contributed by atoms with van der Waals surface area (Å²) in [6.07, 6.45) is 4.23. The van der Waals surface area contributed by atoms with E-state index in [1.165, 1.54) is 10.8 Å². The Morgan fingerprint density at radius 1 is 1.33 bits per heavy atom. The number of aliphatic imine (C=N–C) groups is 1. The lowest BCUT2D eigenvalue weighted by Gasteiger charge is -2.21. The zero-order valence-electron chi connectivity index (χ0n) is 13.7. The van der Waals surface area contributed by atoms with Gasteiger partial charge >= 0.3 is 0 Å². The van der Waals surface area contributed by atoms with Crippen molar-refractivity contribution < 1.29 is 19.7 Å². The zero-order valence-corrected chi connectivity index (χ0v) is 13.7. The number of nitrogens with zero attached hydrogens (tertiary/aromatic N) is 2. The van der Waals surface area contributed by atoms with Crippen LogP contribution in [-0.2, 0) is 4.79 Å². The molecule has 0 saturated carbocycles. The van der Waals surface area contributed by atoms with Crippen molar-refractivity contribution in [3.05, 3.63) is 12.3 Å². The van der Waals surface area contributed by atoms with E-state index in [9.17, 15) is 15.0 Å². The van der Waals surface area contributed by atoms with Crippen molar-refractivity contribution in [2.75, 3.05) is 6.54 Å². The molecule has 7 N–H and O–H groups in total. The lowest BCUT2D eigenvalue weighted by Crippen LogP contribution is -2.30. The molecule has 1 aromatic rings. The minimum Gasteiger partial charge on any atom is -0.492 e. The normalized spacial score (nSPS) is 13.5. The van der Waals surface area contributed by atoms with Crippen LogP contribution in [0.4, 0.5) is 0 Å². The molecule has 0 aromatic carbocycles. The van der Waals surface area contributed by atoms with E-state index in [1.807, 2.05) is 13.8 Å².